The molecule has 0 unspecified atom stereocenters. The van der Waals surface area contributed by atoms with Crippen molar-refractivity contribution in [2.75, 3.05) is 20.3 Å². The molecule has 8 nitrogen and oxygen atoms in total. The number of pyridine rings is 1. The van der Waals surface area contributed by atoms with E-state index >= 15 is 0 Å². The molecule has 2 aromatic rings. The van der Waals surface area contributed by atoms with Gasteiger partial charge in [0.05, 0.1) is 6.61 Å². The van der Waals surface area contributed by atoms with E-state index in [1.54, 1.807) is 6.92 Å². The second kappa shape index (κ2) is 8.30. The molecule has 2 aromatic heterocycles. The number of aryl methyl sites for hydroxylation is 1. The Hall–Kier alpha value is -3.13. The van der Waals surface area contributed by atoms with Crippen molar-refractivity contribution in [1.82, 2.24) is 9.88 Å². The van der Waals surface area contributed by atoms with Crippen LogP contribution in [-0.2, 0) is 11.8 Å². The van der Waals surface area contributed by atoms with Crippen molar-refractivity contribution in [3.05, 3.63) is 57.4 Å². The second-order valence-corrected chi connectivity index (χ2v) is 5.56. The summed E-state index contributed by atoms with van der Waals surface area (Å²) in [5.41, 5.74) is -0.378. The lowest BCUT2D eigenvalue weighted by Crippen LogP contribution is -2.26. The van der Waals surface area contributed by atoms with Crippen molar-refractivity contribution < 1.29 is 23.8 Å². The summed E-state index contributed by atoms with van der Waals surface area (Å²) in [6.45, 7) is 2.37. The minimum Gasteiger partial charge on any atom is -0.507 e. The average molecular weight is 360 g/mol. The van der Waals surface area contributed by atoms with E-state index in [9.17, 15) is 19.5 Å². The summed E-state index contributed by atoms with van der Waals surface area (Å²) in [5.74, 6) is -1.09. The second-order valence-electron chi connectivity index (χ2n) is 5.56. The predicted octanol–water partition coefficient (Wildman–Crippen LogP) is 1.26. The maximum absolute atomic E-state index is 12.2. The molecule has 2 rings (SSSR count). The third-order valence-electron chi connectivity index (χ3n) is 3.74. The molecule has 26 heavy (non-hydrogen) atoms. The lowest BCUT2D eigenvalue weighted by molar-refractivity contribution is 0.0909. The van der Waals surface area contributed by atoms with Gasteiger partial charge in [0.15, 0.2) is 11.5 Å². The third kappa shape index (κ3) is 4.28. The van der Waals surface area contributed by atoms with E-state index in [1.165, 1.54) is 43.0 Å². The van der Waals surface area contributed by atoms with Crippen molar-refractivity contribution in [3.8, 4) is 5.75 Å². The number of aromatic hydroxyl groups is 1. The summed E-state index contributed by atoms with van der Waals surface area (Å²) < 4.78 is 11.4. The van der Waals surface area contributed by atoms with Gasteiger partial charge in [-0.05, 0) is 31.2 Å². The summed E-state index contributed by atoms with van der Waals surface area (Å²) in [7, 11) is 3.04. The summed E-state index contributed by atoms with van der Waals surface area (Å²) in [4.78, 5) is 36.2. The normalized spacial score (nSPS) is 11.0. The van der Waals surface area contributed by atoms with Crippen LogP contribution in [0.2, 0.25) is 0 Å². The Morgan fingerprint density at radius 2 is 2.12 bits per heavy atom. The van der Waals surface area contributed by atoms with Gasteiger partial charge in [-0.25, -0.2) is 0 Å². The zero-order chi connectivity index (χ0) is 19.3. The average Bonchev–Trinajstić information content (AvgIpc) is 3.07. The first-order valence-corrected chi connectivity index (χ1v) is 7.84. The maximum atomic E-state index is 12.2. The zero-order valence-electron chi connectivity index (χ0n) is 14.7. The number of nitrogens with one attached hydrogen (secondary N) is 1. The molecule has 2 heterocycles. The van der Waals surface area contributed by atoms with E-state index in [4.69, 9.17) is 9.15 Å². The van der Waals surface area contributed by atoms with Gasteiger partial charge in [-0.3, -0.25) is 14.4 Å². The van der Waals surface area contributed by atoms with Gasteiger partial charge in [0.25, 0.3) is 11.5 Å². The Morgan fingerprint density at radius 1 is 1.38 bits per heavy atom. The number of nitrogens with zero attached hydrogens (tertiary/aromatic N) is 1. The molecule has 0 spiro atoms. The van der Waals surface area contributed by atoms with Gasteiger partial charge < -0.3 is 24.1 Å². The Morgan fingerprint density at radius 3 is 2.81 bits per heavy atom. The van der Waals surface area contributed by atoms with Gasteiger partial charge >= 0.3 is 0 Å². The molecule has 1 amide bonds. The van der Waals surface area contributed by atoms with E-state index in [2.05, 4.69) is 5.32 Å². The van der Waals surface area contributed by atoms with Crippen molar-refractivity contribution in [3.63, 3.8) is 0 Å². The van der Waals surface area contributed by atoms with Crippen molar-refractivity contribution in [2.24, 2.45) is 7.05 Å². The SMILES string of the molecule is COCCNC(=O)c1ccc(C=CC(=O)c2c(O)cc(C)n(C)c2=O)o1. The van der Waals surface area contributed by atoms with E-state index < -0.39 is 17.2 Å². The van der Waals surface area contributed by atoms with E-state index in [1.807, 2.05) is 0 Å². The molecular formula is C18H20N2O6. The molecule has 0 aliphatic rings. The van der Waals surface area contributed by atoms with E-state index in [0.717, 1.165) is 6.08 Å². The molecule has 0 aliphatic carbocycles. The minimum absolute atomic E-state index is 0.0855. The number of methoxy groups -OCH3 is 1. The number of rotatable bonds is 7. The van der Waals surface area contributed by atoms with Crippen LogP contribution in [0.3, 0.4) is 0 Å². The van der Waals surface area contributed by atoms with Crippen LogP contribution < -0.4 is 10.9 Å². The first kappa shape index (κ1) is 19.2. The van der Waals surface area contributed by atoms with Crippen molar-refractivity contribution in [1.29, 1.82) is 0 Å². The largest absolute Gasteiger partial charge is 0.507 e. The Labute approximate surface area is 149 Å². The van der Waals surface area contributed by atoms with Gasteiger partial charge in [-0.2, -0.15) is 0 Å². The maximum Gasteiger partial charge on any atom is 0.287 e. The van der Waals surface area contributed by atoms with Gasteiger partial charge in [0.2, 0.25) is 0 Å². The van der Waals surface area contributed by atoms with Crippen molar-refractivity contribution in [2.45, 2.75) is 6.92 Å². The highest BCUT2D eigenvalue weighted by Crippen LogP contribution is 2.16. The number of allylic oxidation sites excluding steroid dienone is 1. The quantitative estimate of drug-likeness (QED) is 0.437. The molecule has 0 saturated heterocycles. The first-order valence-electron chi connectivity index (χ1n) is 7.84. The number of carbonyl (C=O) groups is 2. The Bertz CT molecular complexity index is 907. The number of hydrogen-bond donors (Lipinski definition) is 2. The van der Waals surface area contributed by atoms with Crippen LogP contribution in [0, 0.1) is 6.92 Å². The van der Waals surface area contributed by atoms with Crippen LogP contribution in [0.1, 0.15) is 32.4 Å². The highest BCUT2D eigenvalue weighted by molar-refractivity contribution is 6.08. The molecule has 2 N–H and O–H groups in total. The van der Waals surface area contributed by atoms with E-state index in [0.29, 0.717) is 18.8 Å². The van der Waals surface area contributed by atoms with Crippen LogP contribution >= 0.6 is 0 Å². The van der Waals surface area contributed by atoms with Crippen LogP contribution in [0.5, 0.6) is 5.75 Å². The molecule has 0 saturated carbocycles. The molecule has 0 fully saturated rings. The predicted molar refractivity (Wildman–Crippen MR) is 94.4 cm³/mol. The number of ketones is 1. The Kier molecular flexibility index (Phi) is 6.13. The van der Waals surface area contributed by atoms with Crippen molar-refractivity contribution >= 4 is 17.8 Å². The number of aromatic nitrogens is 1. The smallest absolute Gasteiger partial charge is 0.287 e. The summed E-state index contributed by atoms with van der Waals surface area (Å²) >= 11 is 0. The summed E-state index contributed by atoms with van der Waals surface area (Å²) in [6.07, 6.45) is 2.43. The van der Waals surface area contributed by atoms with E-state index in [-0.39, 0.29) is 22.8 Å². The number of furan rings is 1. The third-order valence-corrected chi connectivity index (χ3v) is 3.74. The molecule has 138 valence electrons. The number of carbonyl (C=O) groups excluding carboxylic acids is 2. The standard InChI is InChI=1S/C18H20N2O6/c1-11-10-14(22)16(18(24)20(11)2)13(21)6-4-12-5-7-15(26-12)17(23)19-8-9-25-3/h4-7,10,22H,8-9H2,1-3H3,(H,19,23). The molecular weight excluding hydrogens is 340 g/mol. The highest BCUT2D eigenvalue weighted by atomic mass is 16.5. The minimum atomic E-state index is -0.661. The topological polar surface area (TPSA) is 111 Å². The molecule has 0 atom stereocenters. The lowest BCUT2D eigenvalue weighted by atomic mass is 10.1. The van der Waals surface area contributed by atoms with Gasteiger partial charge in [-0.15, -0.1) is 0 Å². The highest BCUT2D eigenvalue weighted by Gasteiger charge is 2.16. The molecule has 0 aliphatic heterocycles. The van der Waals surface area contributed by atoms with Crippen LogP contribution in [0.15, 0.2) is 33.5 Å². The first-order chi connectivity index (χ1) is 12.3. The molecule has 0 radical (unpaired) electrons. The number of amides is 1. The van der Waals surface area contributed by atoms with Crippen LogP contribution in [0.25, 0.3) is 6.08 Å². The molecule has 8 heteroatoms. The van der Waals surface area contributed by atoms with Gasteiger partial charge in [-0.1, -0.05) is 0 Å². The fraction of sp³-hybridized carbons (Fsp3) is 0.278. The fourth-order valence-corrected chi connectivity index (χ4v) is 2.20. The monoisotopic (exact) mass is 360 g/mol. The zero-order valence-corrected chi connectivity index (χ0v) is 14.7. The molecule has 0 aromatic carbocycles. The lowest BCUT2D eigenvalue weighted by Gasteiger charge is -2.07. The van der Waals surface area contributed by atoms with Crippen LogP contribution in [-0.4, -0.2) is 41.6 Å². The Balaban J connectivity index is 2.14. The number of hydrogen-bond acceptors (Lipinski definition) is 6. The summed E-state index contributed by atoms with van der Waals surface area (Å²) in [6, 6.07) is 4.33. The van der Waals surface area contributed by atoms with Gasteiger partial charge in [0, 0.05) is 32.5 Å². The van der Waals surface area contributed by atoms with Crippen LogP contribution in [0.4, 0.5) is 0 Å². The summed E-state index contributed by atoms with van der Waals surface area (Å²) in [5, 5.41) is 12.5. The number of ether oxygens (including phenoxy) is 1. The fourth-order valence-electron chi connectivity index (χ4n) is 2.20. The molecule has 0 bridgehead atoms. The van der Waals surface area contributed by atoms with Gasteiger partial charge in [0.1, 0.15) is 17.1 Å².